The molecule has 0 rings (SSSR count). The van der Waals surface area contributed by atoms with E-state index in [1.165, 1.54) is 13.8 Å². The Morgan fingerprint density at radius 2 is 1.79 bits per heavy atom. The number of nitrogens with one attached hydrogen (secondary N) is 2. The predicted molar refractivity (Wildman–Crippen MR) is 92.7 cm³/mol. The van der Waals surface area contributed by atoms with Crippen LogP contribution in [0.3, 0.4) is 0 Å². The molecule has 0 spiro atoms. The topological polar surface area (TPSA) is 202 Å². The van der Waals surface area contributed by atoms with Crippen molar-refractivity contribution in [2.24, 2.45) is 5.73 Å². The van der Waals surface area contributed by atoms with Crippen molar-refractivity contribution in [3.63, 3.8) is 0 Å². The largest absolute Gasteiger partial charge is 0.481 e. The number of carboxylic acids is 1. The van der Waals surface area contributed by atoms with Gasteiger partial charge in [0.25, 0.3) is 11.8 Å². The third-order valence-electron chi connectivity index (χ3n) is 3.58. The molecule has 0 fully saturated rings. The molecule has 2 amide bonds. The number of Topliss-reactive ketones (excluding diaryl/α,β-unsaturated/α-hetero) is 1. The summed E-state index contributed by atoms with van der Waals surface area (Å²) in [5.74, 6) is -5.29. The highest BCUT2D eigenvalue weighted by molar-refractivity contribution is 6.38. The molecule has 0 saturated heterocycles. The summed E-state index contributed by atoms with van der Waals surface area (Å²) in [6.07, 6.45) is -1.64. The van der Waals surface area contributed by atoms with E-state index < -0.39 is 66.8 Å². The lowest BCUT2D eigenvalue weighted by Gasteiger charge is -2.20. The van der Waals surface area contributed by atoms with Gasteiger partial charge in [0.05, 0.1) is 12.6 Å². The quantitative estimate of drug-likeness (QED) is 0.122. The van der Waals surface area contributed by atoms with Crippen molar-refractivity contribution >= 4 is 35.8 Å². The van der Waals surface area contributed by atoms with Gasteiger partial charge in [-0.2, -0.15) is 0 Å². The number of rotatable bonds is 13. The number of ketones is 1. The Bertz CT molecular complexity index is 608. The van der Waals surface area contributed by atoms with Gasteiger partial charge in [-0.25, -0.2) is 4.79 Å². The van der Waals surface area contributed by atoms with Crippen molar-refractivity contribution in [1.29, 1.82) is 0 Å². The lowest BCUT2D eigenvalue weighted by molar-refractivity contribution is -0.158. The number of carbonyl (C=O) groups is 6. The van der Waals surface area contributed by atoms with Gasteiger partial charge in [-0.05, 0) is 19.8 Å². The maximum Gasteiger partial charge on any atom is 0.329 e. The molecular weight excluding hydrogens is 378 g/mol. The molecule has 4 atom stereocenters. The molecule has 0 heterocycles. The zero-order valence-electron chi connectivity index (χ0n) is 15.5. The van der Waals surface area contributed by atoms with Crippen molar-refractivity contribution in [3.05, 3.63) is 0 Å². The number of aldehydes is 1. The van der Waals surface area contributed by atoms with Gasteiger partial charge in [-0.1, -0.05) is 6.92 Å². The van der Waals surface area contributed by atoms with E-state index in [-0.39, 0.29) is 12.8 Å². The normalized spacial score (nSPS) is 14.7. The number of ether oxygens (including phenoxy) is 1. The summed E-state index contributed by atoms with van der Waals surface area (Å²) in [5, 5.41) is 21.7. The molecule has 12 nitrogen and oxygen atoms in total. The van der Waals surface area contributed by atoms with E-state index in [0.29, 0.717) is 6.29 Å². The molecule has 0 aromatic heterocycles. The number of nitrogens with two attached hydrogens (primary N) is 1. The first kappa shape index (κ1) is 25.1. The van der Waals surface area contributed by atoms with Gasteiger partial charge in [0.1, 0.15) is 18.4 Å². The van der Waals surface area contributed by atoms with Crippen LogP contribution >= 0.6 is 0 Å². The number of amides is 2. The van der Waals surface area contributed by atoms with Crippen LogP contribution in [0.25, 0.3) is 0 Å². The summed E-state index contributed by atoms with van der Waals surface area (Å²) in [6.45, 7) is 2.10. The zero-order chi connectivity index (χ0) is 21.9. The third-order valence-corrected chi connectivity index (χ3v) is 3.58. The average Bonchev–Trinajstić information content (AvgIpc) is 2.66. The highest BCUT2D eigenvalue weighted by Gasteiger charge is 2.29. The van der Waals surface area contributed by atoms with E-state index in [1.807, 2.05) is 0 Å². The minimum atomic E-state index is -1.34. The standard InChI is InChI=1S/C16H25N3O9/c1-3-11(19-15(26)13(24)10(17)4-5-12(22)23)16(27)28-8(2)14(25)18-9(6-20)7-21/h6,8-11,21H,3-5,7,17H2,1-2H3,(H,18,25)(H,19,26)(H,22,23)/t8-,9+,10-,11?/m0/s1. The summed E-state index contributed by atoms with van der Waals surface area (Å²) in [6, 6.07) is -3.74. The van der Waals surface area contributed by atoms with E-state index in [2.05, 4.69) is 10.6 Å². The minimum absolute atomic E-state index is 0.0319. The second-order valence-corrected chi connectivity index (χ2v) is 5.85. The zero-order valence-corrected chi connectivity index (χ0v) is 15.5. The van der Waals surface area contributed by atoms with Gasteiger partial charge >= 0.3 is 11.9 Å². The van der Waals surface area contributed by atoms with Crippen molar-refractivity contribution in [2.45, 2.75) is 57.3 Å². The van der Waals surface area contributed by atoms with Crippen LogP contribution in [0.15, 0.2) is 0 Å². The smallest absolute Gasteiger partial charge is 0.329 e. The van der Waals surface area contributed by atoms with Gasteiger partial charge < -0.3 is 36.1 Å². The van der Waals surface area contributed by atoms with Gasteiger partial charge in [0, 0.05) is 6.42 Å². The van der Waals surface area contributed by atoms with Gasteiger partial charge in [-0.15, -0.1) is 0 Å². The molecule has 0 saturated carbocycles. The summed E-state index contributed by atoms with van der Waals surface area (Å²) >= 11 is 0. The molecule has 0 aromatic rings. The van der Waals surface area contributed by atoms with E-state index in [9.17, 15) is 28.8 Å². The summed E-state index contributed by atoms with van der Waals surface area (Å²) in [5.41, 5.74) is 5.46. The molecule has 0 radical (unpaired) electrons. The van der Waals surface area contributed by atoms with Gasteiger partial charge in [0.2, 0.25) is 5.78 Å². The van der Waals surface area contributed by atoms with Crippen molar-refractivity contribution in [1.82, 2.24) is 10.6 Å². The van der Waals surface area contributed by atoms with Crippen LogP contribution < -0.4 is 16.4 Å². The molecule has 6 N–H and O–H groups in total. The number of carbonyl (C=O) groups excluding carboxylic acids is 5. The first-order chi connectivity index (χ1) is 13.1. The Kier molecular flexibility index (Phi) is 11.2. The second-order valence-electron chi connectivity index (χ2n) is 5.85. The lowest BCUT2D eigenvalue weighted by atomic mass is 10.1. The number of aliphatic hydroxyl groups excluding tert-OH is 1. The van der Waals surface area contributed by atoms with Crippen LogP contribution in [0, 0.1) is 0 Å². The van der Waals surface area contributed by atoms with Crippen LogP contribution in [0.4, 0.5) is 0 Å². The van der Waals surface area contributed by atoms with E-state index in [4.69, 9.17) is 20.7 Å². The SMILES string of the molecule is CCC(NC(=O)C(=O)[C@@H](N)CCC(=O)O)C(=O)O[C@@H](C)C(=O)N[C@H](C=O)CO. The molecular formula is C16H25N3O9. The predicted octanol–water partition coefficient (Wildman–Crippen LogP) is -2.75. The fourth-order valence-corrected chi connectivity index (χ4v) is 1.87. The number of aliphatic hydroxyl groups is 1. The van der Waals surface area contributed by atoms with Crippen molar-refractivity contribution < 1.29 is 43.7 Å². The van der Waals surface area contributed by atoms with Crippen molar-refractivity contribution in [2.75, 3.05) is 6.61 Å². The monoisotopic (exact) mass is 403 g/mol. The van der Waals surface area contributed by atoms with Crippen LogP contribution in [0.5, 0.6) is 0 Å². The molecule has 12 heteroatoms. The molecule has 28 heavy (non-hydrogen) atoms. The minimum Gasteiger partial charge on any atom is -0.481 e. The summed E-state index contributed by atoms with van der Waals surface area (Å²) in [7, 11) is 0. The highest BCUT2D eigenvalue weighted by Crippen LogP contribution is 2.02. The fourth-order valence-electron chi connectivity index (χ4n) is 1.87. The molecule has 0 bridgehead atoms. The van der Waals surface area contributed by atoms with Crippen LogP contribution in [0.2, 0.25) is 0 Å². The lowest BCUT2D eigenvalue weighted by Crippen LogP contribution is -2.50. The third kappa shape index (κ3) is 8.68. The Labute approximate surface area is 160 Å². The first-order valence-electron chi connectivity index (χ1n) is 8.46. The van der Waals surface area contributed by atoms with E-state index >= 15 is 0 Å². The number of aliphatic carboxylic acids is 1. The average molecular weight is 403 g/mol. The Morgan fingerprint density at radius 1 is 1.18 bits per heavy atom. The van der Waals surface area contributed by atoms with Crippen LogP contribution in [0.1, 0.15) is 33.1 Å². The molecule has 1 unspecified atom stereocenters. The van der Waals surface area contributed by atoms with Crippen LogP contribution in [-0.4, -0.2) is 76.9 Å². The molecule has 0 aliphatic rings. The van der Waals surface area contributed by atoms with Gasteiger partial charge in [-0.3, -0.25) is 19.2 Å². The maximum absolute atomic E-state index is 12.1. The highest BCUT2D eigenvalue weighted by atomic mass is 16.5. The molecule has 0 aliphatic heterocycles. The number of carboxylic acid groups (broad SMARTS) is 1. The second kappa shape index (κ2) is 12.5. The molecule has 0 aliphatic carbocycles. The fraction of sp³-hybridized carbons (Fsp3) is 0.625. The molecule has 158 valence electrons. The Hall–Kier alpha value is -2.86. The Morgan fingerprint density at radius 3 is 2.25 bits per heavy atom. The van der Waals surface area contributed by atoms with Crippen LogP contribution in [-0.2, 0) is 33.5 Å². The summed E-state index contributed by atoms with van der Waals surface area (Å²) < 4.78 is 4.89. The summed E-state index contributed by atoms with van der Waals surface area (Å²) in [4.78, 5) is 68.7. The maximum atomic E-state index is 12.1. The number of esters is 1. The first-order valence-corrected chi connectivity index (χ1v) is 8.46. The van der Waals surface area contributed by atoms with Gasteiger partial charge in [0.15, 0.2) is 6.10 Å². The Balaban J connectivity index is 4.75. The van der Waals surface area contributed by atoms with E-state index in [0.717, 1.165) is 0 Å². The number of hydrogen-bond acceptors (Lipinski definition) is 9. The van der Waals surface area contributed by atoms with E-state index in [1.54, 1.807) is 0 Å². The number of hydrogen-bond donors (Lipinski definition) is 5. The molecule has 0 aromatic carbocycles. The van der Waals surface area contributed by atoms with Crippen molar-refractivity contribution in [3.8, 4) is 0 Å².